The number of amides is 1. The van der Waals surface area contributed by atoms with Gasteiger partial charge in [0.1, 0.15) is 5.69 Å². The minimum Gasteiger partial charge on any atom is -0.381 e. The highest BCUT2D eigenvalue weighted by Crippen LogP contribution is 2.20. The molecule has 0 radical (unpaired) electrons. The third-order valence-corrected chi connectivity index (χ3v) is 3.71. The Kier molecular flexibility index (Phi) is 5.21. The van der Waals surface area contributed by atoms with Gasteiger partial charge in [-0.15, -0.1) is 0 Å². The molecule has 0 atom stereocenters. The van der Waals surface area contributed by atoms with Gasteiger partial charge in [-0.3, -0.25) is 4.79 Å². The van der Waals surface area contributed by atoms with Crippen molar-refractivity contribution >= 4 is 11.6 Å². The van der Waals surface area contributed by atoms with Gasteiger partial charge in [-0.05, 0) is 45.7 Å². The van der Waals surface area contributed by atoms with Crippen LogP contribution in [0.15, 0.2) is 18.3 Å². The van der Waals surface area contributed by atoms with Crippen molar-refractivity contribution in [2.24, 2.45) is 0 Å². The Morgan fingerprint density at radius 2 is 1.81 bits per heavy atom. The molecule has 2 N–H and O–H groups in total. The molecule has 2 rings (SSSR count). The van der Waals surface area contributed by atoms with Crippen molar-refractivity contribution in [1.82, 2.24) is 10.3 Å². The summed E-state index contributed by atoms with van der Waals surface area (Å²) in [6.45, 7) is 5.90. The predicted octanol–water partition coefficient (Wildman–Crippen LogP) is 3.74. The first-order chi connectivity index (χ1) is 9.94. The van der Waals surface area contributed by atoms with Crippen LogP contribution in [-0.2, 0) is 0 Å². The molecular weight excluding hydrogens is 262 g/mol. The summed E-state index contributed by atoms with van der Waals surface area (Å²) in [7, 11) is 0. The summed E-state index contributed by atoms with van der Waals surface area (Å²) in [5, 5.41) is 6.46. The number of anilines is 1. The average molecular weight is 289 g/mol. The van der Waals surface area contributed by atoms with Gasteiger partial charge >= 0.3 is 0 Å². The molecule has 0 aliphatic heterocycles. The van der Waals surface area contributed by atoms with Gasteiger partial charge in [-0.1, -0.05) is 25.7 Å². The van der Waals surface area contributed by atoms with Crippen molar-refractivity contribution in [2.45, 2.75) is 70.9 Å². The van der Waals surface area contributed by atoms with Crippen molar-refractivity contribution in [1.29, 1.82) is 0 Å². The molecule has 0 aromatic carbocycles. The van der Waals surface area contributed by atoms with Gasteiger partial charge < -0.3 is 10.6 Å². The summed E-state index contributed by atoms with van der Waals surface area (Å²) >= 11 is 0. The quantitative estimate of drug-likeness (QED) is 0.833. The summed E-state index contributed by atoms with van der Waals surface area (Å²) < 4.78 is 0. The van der Waals surface area contributed by atoms with E-state index in [1.165, 1.54) is 38.5 Å². The highest BCUT2D eigenvalue weighted by molar-refractivity contribution is 5.92. The standard InChI is InChI=1S/C17H27N3O/c1-17(2,3)20-16(21)15-11-10-14(12-18-15)19-13-8-6-4-5-7-9-13/h10-13,19H,4-9H2,1-3H3,(H,20,21). The Hall–Kier alpha value is -1.58. The number of nitrogens with zero attached hydrogens (tertiary/aromatic N) is 1. The van der Waals surface area contributed by atoms with E-state index < -0.39 is 0 Å². The number of carbonyl (C=O) groups excluding carboxylic acids is 1. The second kappa shape index (κ2) is 6.92. The largest absolute Gasteiger partial charge is 0.381 e. The Morgan fingerprint density at radius 1 is 1.14 bits per heavy atom. The number of nitrogens with one attached hydrogen (secondary N) is 2. The molecule has 1 aromatic heterocycles. The Balaban J connectivity index is 1.93. The lowest BCUT2D eigenvalue weighted by atomic mass is 10.1. The number of hydrogen-bond donors (Lipinski definition) is 2. The lowest BCUT2D eigenvalue weighted by molar-refractivity contribution is 0.0914. The normalized spacial score (nSPS) is 17.1. The second-order valence-corrected chi connectivity index (χ2v) is 6.97. The first-order valence-electron chi connectivity index (χ1n) is 7.99. The third-order valence-electron chi connectivity index (χ3n) is 3.71. The highest BCUT2D eigenvalue weighted by atomic mass is 16.2. The fourth-order valence-electron chi connectivity index (χ4n) is 2.68. The summed E-state index contributed by atoms with van der Waals surface area (Å²) in [4.78, 5) is 16.3. The number of rotatable bonds is 3. The average Bonchev–Trinajstić information content (AvgIpc) is 2.66. The van der Waals surface area contributed by atoms with Crippen LogP contribution in [0.3, 0.4) is 0 Å². The Bertz CT molecular complexity index is 454. The van der Waals surface area contributed by atoms with Gasteiger partial charge in [-0.25, -0.2) is 4.98 Å². The van der Waals surface area contributed by atoms with Crippen LogP contribution in [0.2, 0.25) is 0 Å². The van der Waals surface area contributed by atoms with E-state index in [-0.39, 0.29) is 11.4 Å². The third kappa shape index (κ3) is 5.37. The van der Waals surface area contributed by atoms with Crippen molar-refractivity contribution in [2.75, 3.05) is 5.32 Å². The maximum absolute atomic E-state index is 12.0. The van der Waals surface area contributed by atoms with Crippen LogP contribution in [0.4, 0.5) is 5.69 Å². The molecule has 0 saturated heterocycles. The summed E-state index contributed by atoms with van der Waals surface area (Å²) in [6.07, 6.45) is 9.53. The molecule has 116 valence electrons. The van der Waals surface area contributed by atoms with E-state index in [9.17, 15) is 4.79 Å². The van der Waals surface area contributed by atoms with Gasteiger partial charge in [0.2, 0.25) is 0 Å². The van der Waals surface area contributed by atoms with Crippen LogP contribution in [-0.4, -0.2) is 22.5 Å². The minimum atomic E-state index is -0.240. The van der Waals surface area contributed by atoms with Gasteiger partial charge in [0.25, 0.3) is 5.91 Å². The topological polar surface area (TPSA) is 54.0 Å². The number of carbonyl (C=O) groups is 1. The van der Waals surface area contributed by atoms with E-state index in [0.717, 1.165) is 5.69 Å². The van der Waals surface area contributed by atoms with Crippen molar-refractivity contribution in [3.05, 3.63) is 24.0 Å². The zero-order valence-corrected chi connectivity index (χ0v) is 13.4. The molecule has 0 unspecified atom stereocenters. The molecule has 4 nitrogen and oxygen atoms in total. The molecule has 1 fully saturated rings. The van der Waals surface area contributed by atoms with Crippen LogP contribution in [0.25, 0.3) is 0 Å². The highest BCUT2D eigenvalue weighted by Gasteiger charge is 2.16. The van der Waals surface area contributed by atoms with E-state index in [2.05, 4.69) is 15.6 Å². The molecule has 0 bridgehead atoms. The predicted molar refractivity (Wildman–Crippen MR) is 86.6 cm³/mol. The number of pyridine rings is 1. The van der Waals surface area contributed by atoms with Crippen LogP contribution < -0.4 is 10.6 Å². The minimum absolute atomic E-state index is 0.122. The summed E-state index contributed by atoms with van der Waals surface area (Å²) in [5.74, 6) is -0.122. The summed E-state index contributed by atoms with van der Waals surface area (Å²) in [5.41, 5.74) is 1.24. The SMILES string of the molecule is CC(C)(C)NC(=O)c1ccc(NC2CCCCCC2)cn1. The van der Waals surface area contributed by atoms with Crippen LogP contribution in [0.1, 0.15) is 69.8 Å². The molecule has 1 saturated carbocycles. The van der Waals surface area contributed by atoms with E-state index in [4.69, 9.17) is 0 Å². The Morgan fingerprint density at radius 3 is 2.33 bits per heavy atom. The van der Waals surface area contributed by atoms with Crippen molar-refractivity contribution < 1.29 is 4.79 Å². The fourth-order valence-corrected chi connectivity index (χ4v) is 2.68. The van der Waals surface area contributed by atoms with Crippen molar-refractivity contribution in [3.63, 3.8) is 0 Å². The van der Waals surface area contributed by atoms with Crippen LogP contribution in [0.5, 0.6) is 0 Å². The number of hydrogen-bond acceptors (Lipinski definition) is 3. The monoisotopic (exact) mass is 289 g/mol. The van der Waals surface area contributed by atoms with Gasteiger partial charge in [-0.2, -0.15) is 0 Å². The van der Waals surface area contributed by atoms with Crippen molar-refractivity contribution in [3.8, 4) is 0 Å². The fraction of sp³-hybridized carbons (Fsp3) is 0.647. The molecule has 1 amide bonds. The molecule has 4 heteroatoms. The zero-order chi connectivity index (χ0) is 15.3. The Labute approximate surface area is 127 Å². The molecule has 1 heterocycles. The van der Waals surface area contributed by atoms with E-state index in [0.29, 0.717) is 11.7 Å². The maximum Gasteiger partial charge on any atom is 0.270 e. The number of aromatic nitrogens is 1. The lowest BCUT2D eigenvalue weighted by Gasteiger charge is -2.20. The first kappa shape index (κ1) is 15.8. The molecule has 1 aliphatic carbocycles. The van der Waals surface area contributed by atoms with E-state index in [1.807, 2.05) is 26.8 Å². The molecule has 21 heavy (non-hydrogen) atoms. The van der Waals surface area contributed by atoms with Gasteiger partial charge in [0.05, 0.1) is 11.9 Å². The van der Waals surface area contributed by atoms with E-state index in [1.54, 1.807) is 12.3 Å². The second-order valence-electron chi connectivity index (χ2n) is 6.97. The van der Waals surface area contributed by atoms with Crippen LogP contribution >= 0.6 is 0 Å². The van der Waals surface area contributed by atoms with Crippen LogP contribution in [0, 0.1) is 0 Å². The summed E-state index contributed by atoms with van der Waals surface area (Å²) in [6, 6.07) is 4.29. The maximum atomic E-state index is 12.0. The molecule has 1 aromatic rings. The van der Waals surface area contributed by atoms with Gasteiger partial charge in [0.15, 0.2) is 0 Å². The lowest BCUT2D eigenvalue weighted by Crippen LogP contribution is -2.40. The molecule has 0 spiro atoms. The first-order valence-corrected chi connectivity index (χ1v) is 7.99. The molecular formula is C17H27N3O. The molecule has 1 aliphatic rings. The smallest absolute Gasteiger partial charge is 0.270 e. The zero-order valence-electron chi connectivity index (χ0n) is 13.4. The van der Waals surface area contributed by atoms with E-state index >= 15 is 0 Å². The van der Waals surface area contributed by atoms with Gasteiger partial charge in [0, 0.05) is 11.6 Å².